The Balaban J connectivity index is 0.000000596. The number of phosphoric acid groups is 1. The van der Waals surface area contributed by atoms with Crippen LogP contribution in [0.2, 0.25) is 0 Å². The number of imidazole rings is 1. The van der Waals surface area contributed by atoms with Gasteiger partial charge in [0, 0.05) is 0 Å². The lowest BCUT2D eigenvalue weighted by Gasteiger charge is -2.16. The number of aliphatic hydroxyl groups excluding tert-OH is 2. The quantitative estimate of drug-likeness (QED) is 0.178. The van der Waals surface area contributed by atoms with E-state index < -0.39 is 46.3 Å². The predicted octanol–water partition coefficient (Wildman–Crippen LogP) is -3.91. The first-order valence-corrected chi connectivity index (χ1v) is 8.73. The van der Waals surface area contributed by atoms with Crippen molar-refractivity contribution in [1.29, 1.82) is 0 Å². The van der Waals surface area contributed by atoms with Crippen molar-refractivity contribution in [2.45, 2.75) is 24.5 Å². The third-order valence-corrected chi connectivity index (χ3v) is 3.89. The molecule has 0 unspecified atom stereocenters. The molecule has 1 aliphatic heterocycles. The van der Waals surface area contributed by atoms with Crippen LogP contribution in [0.1, 0.15) is 6.23 Å². The van der Waals surface area contributed by atoms with Crippen LogP contribution >= 0.6 is 7.82 Å². The fourth-order valence-corrected chi connectivity index (χ4v) is 2.66. The standard InChI is InChI=1S/C10H14N5O7P.BH3O3/c11-8-5-9(13-2-12-8)15(3-14-5)10-7(17)6(16)4(22-10)1-21-23(18,19)20;2-1(3)4/h2-4,6-7,10,16-17H,1H2,(H2,11,12,13)(H2,18,19,20);2-4H/t4-,6-,7-,10-;/m1./s1. The number of fused-ring (bicyclic) bond motifs is 1. The Morgan fingerprint density at radius 3 is 2.44 bits per heavy atom. The molecule has 0 saturated carbocycles. The molecule has 1 saturated heterocycles. The highest BCUT2D eigenvalue weighted by Gasteiger charge is 2.45. The van der Waals surface area contributed by atoms with E-state index in [1.165, 1.54) is 17.2 Å². The van der Waals surface area contributed by atoms with Gasteiger partial charge < -0.3 is 45.5 Å². The van der Waals surface area contributed by atoms with Gasteiger partial charge in [0.1, 0.15) is 30.2 Å². The first kappa shape index (κ1) is 21.6. The molecule has 1 aliphatic rings. The van der Waals surface area contributed by atoms with E-state index in [4.69, 9.17) is 35.3 Å². The number of hydrogen-bond donors (Lipinski definition) is 8. The van der Waals surface area contributed by atoms with E-state index >= 15 is 0 Å². The number of anilines is 1. The number of ether oxygens (including phenoxy) is 1. The number of nitrogens with two attached hydrogens (primary N) is 1. The van der Waals surface area contributed by atoms with Gasteiger partial charge >= 0.3 is 15.1 Å². The van der Waals surface area contributed by atoms with Gasteiger partial charge in [-0.25, -0.2) is 19.5 Å². The number of nitrogen functional groups attached to an aromatic ring is 1. The summed E-state index contributed by atoms with van der Waals surface area (Å²) in [5.74, 6) is 0.142. The van der Waals surface area contributed by atoms with E-state index in [0.29, 0.717) is 5.52 Å². The molecule has 4 atom stereocenters. The topological polar surface area (TPSA) is 247 Å². The first-order chi connectivity index (χ1) is 12.5. The lowest BCUT2D eigenvalue weighted by atomic mass is 10.1. The van der Waals surface area contributed by atoms with Crippen LogP contribution in [0.4, 0.5) is 5.82 Å². The van der Waals surface area contributed by atoms with Crippen LogP contribution < -0.4 is 5.73 Å². The third-order valence-electron chi connectivity index (χ3n) is 3.41. The van der Waals surface area contributed by atoms with E-state index in [2.05, 4.69) is 19.5 Å². The van der Waals surface area contributed by atoms with Gasteiger partial charge in [-0.3, -0.25) is 9.09 Å². The summed E-state index contributed by atoms with van der Waals surface area (Å²) < 4.78 is 21.8. The Kier molecular flexibility index (Phi) is 6.82. The largest absolute Gasteiger partial charge is 0.631 e. The molecule has 9 N–H and O–H groups in total. The Labute approximate surface area is 151 Å². The number of aliphatic hydroxyl groups is 2. The zero-order chi connectivity index (χ0) is 20.4. The molecule has 15 nitrogen and oxygen atoms in total. The molecule has 3 heterocycles. The Morgan fingerprint density at radius 2 is 1.85 bits per heavy atom. The average molecular weight is 409 g/mol. The highest BCUT2D eigenvalue weighted by molar-refractivity contribution is 7.46. The minimum absolute atomic E-state index is 0.142. The monoisotopic (exact) mass is 409 g/mol. The minimum Gasteiger partial charge on any atom is -0.402 e. The maximum Gasteiger partial charge on any atom is 0.631 e. The molecule has 0 radical (unpaired) electrons. The molecule has 17 heteroatoms. The van der Waals surface area contributed by atoms with Gasteiger partial charge in [-0.15, -0.1) is 0 Å². The number of phosphoric ester groups is 1. The zero-order valence-electron chi connectivity index (χ0n) is 13.4. The number of hydrogen-bond acceptors (Lipinski definition) is 12. The Bertz CT molecular complexity index is 814. The van der Waals surface area contributed by atoms with E-state index in [1.54, 1.807) is 0 Å². The summed E-state index contributed by atoms with van der Waals surface area (Å²) >= 11 is 0. The molecule has 3 rings (SSSR count). The smallest absolute Gasteiger partial charge is 0.402 e. The summed E-state index contributed by atoms with van der Waals surface area (Å²) in [5, 5.41) is 41.6. The maximum absolute atomic E-state index is 10.7. The SMILES string of the molecule is Nc1ncnc2c1ncn2[C@@H]1O[C@H](COP(=O)(O)O)[C@@H](O)[C@H]1O.OB(O)O. The van der Waals surface area contributed by atoms with E-state index in [0.717, 1.165) is 0 Å². The zero-order valence-corrected chi connectivity index (χ0v) is 14.3. The first-order valence-electron chi connectivity index (χ1n) is 7.20. The number of rotatable bonds is 4. The average Bonchev–Trinajstić information content (AvgIpc) is 3.08. The van der Waals surface area contributed by atoms with Gasteiger partial charge in [0.2, 0.25) is 0 Å². The number of aromatic nitrogens is 4. The third kappa shape index (κ3) is 5.39. The molecule has 0 aromatic carbocycles. The lowest BCUT2D eigenvalue weighted by molar-refractivity contribution is -0.0504. The Morgan fingerprint density at radius 1 is 1.22 bits per heavy atom. The predicted molar refractivity (Wildman–Crippen MR) is 86.1 cm³/mol. The van der Waals surface area contributed by atoms with Crippen LogP contribution in [0.15, 0.2) is 12.7 Å². The molecule has 0 aliphatic carbocycles. The minimum atomic E-state index is -4.72. The van der Waals surface area contributed by atoms with Gasteiger partial charge in [-0.05, 0) is 0 Å². The molecular weight excluding hydrogens is 392 g/mol. The molecule has 27 heavy (non-hydrogen) atoms. The second kappa shape index (κ2) is 8.53. The van der Waals surface area contributed by atoms with Gasteiger partial charge in [-0.1, -0.05) is 0 Å². The Hall–Kier alpha value is -1.72. The van der Waals surface area contributed by atoms with E-state index in [9.17, 15) is 14.8 Å². The van der Waals surface area contributed by atoms with Crippen LogP contribution in [0.25, 0.3) is 11.2 Å². The molecular formula is C10H17BN5O10P. The van der Waals surface area contributed by atoms with Crippen molar-refractivity contribution in [3.05, 3.63) is 12.7 Å². The second-order valence-electron chi connectivity index (χ2n) is 5.26. The summed E-state index contributed by atoms with van der Waals surface area (Å²) in [7, 11) is -6.89. The van der Waals surface area contributed by atoms with Gasteiger partial charge in [0.05, 0.1) is 12.9 Å². The van der Waals surface area contributed by atoms with Crippen molar-refractivity contribution in [3.63, 3.8) is 0 Å². The van der Waals surface area contributed by atoms with Crippen molar-refractivity contribution in [2.75, 3.05) is 12.3 Å². The lowest BCUT2D eigenvalue weighted by Crippen LogP contribution is -2.33. The number of nitrogens with zero attached hydrogens (tertiary/aromatic N) is 4. The van der Waals surface area contributed by atoms with Crippen LogP contribution in [0, 0.1) is 0 Å². The maximum atomic E-state index is 10.7. The van der Waals surface area contributed by atoms with Crippen LogP contribution in [0.3, 0.4) is 0 Å². The summed E-state index contributed by atoms with van der Waals surface area (Å²) in [5.41, 5.74) is 6.25. The molecule has 2 aromatic heterocycles. The van der Waals surface area contributed by atoms with Gasteiger partial charge in [-0.2, -0.15) is 0 Å². The van der Waals surface area contributed by atoms with Crippen molar-refractivity contribution in [2.24, 2.45) is 0 Å². The highest BCUT2D eigenvalue weighted by Crippen LogP contribution is 2.38. The van der Waals surface area contributed by atoms with Gasteiger partial charge in [0.25, 0.3) is 0 Å². The fraction of sp³-hybridized carbons (Fsp3) is 0.500. The second-order valence-corrected chi connectivity index (χ2v) is 6.50. The van der Waals surface area contributed by atoms with Crippen LogP contribution in [-0.4, -0.2) is 86.8 Å². The summed E-state index contributed by atoms with van der Waals surface area (Å²) in [6, 6.07) is 0. The van der Waals surface area contributed by atoms with Gasteiger partial charge in [0.15, 0.2) is 17.7 Å². The molecule has 150 valence electrons. The van der Waals surface area contributed by atoms with Crippen molar-refractivity contribution in [3.8, 4) is 0 Å². The molecule has 1 fully saturated rings. The van der Waals surface area contributed by atoms with Crippen LogP contribution in [0.5, 0.6) is 0 Å². The van der Waals surface area contributed by atoms with Crippen molar-refractivity contribution < 1.29 is 48.9 Å². The molecule has 0 spiro atoms. The fourth-order valence-electron chi connectivity index (χ4n) is 2.32. The molecule has 0 amide bonds. The van der Waals surface area contributed by atoms with E-state index in [-0.39, 0.29) is 11.5 Å². The highest BCUT2D eigenvalue weighted by atomic mass is 31.2. The van der Waals surface area contributed by atoms with Crippen LogP contribution in [-0.2, 0) is 13.8 Å². The summed E-state index contributed by atoms with van der Waals surface area (Å²) in [6.07, 6.45) is -2.49. The molecule has 2 aromatic rings. The van der Waals surface area contributed by atoms with E-state index in [1.807, 2.05) is 0 Å². The normalized spacial score (nSPS) is 25.3. The van der Waals surface area contributed by atoms with Crippen molar-refractivity contribution >= 4 is 32.1 Å². The summed E-state index contributed by atoms with van der Waals surface area (Å²) in [6.45, 7) is -0.594. The van der Waals surface area contributed by atoms with Crippen molar-refractivity contribution in [1.82, 2.24) is 19.5 Å². The molecule has 0 bridgehead atoms. The summed E-state index contributed by atoms with van der Waals surface area (Å²) in [4.78, 5) is 29.2.